The lowest BCUT2D eigenvalue weighted by Crippen LogP contribution is -2.32. The summed E-state index contributed by atoms with van der Waals surface area (Å²) in [5, 5.41) is 7.62. The summed E-state index contributed by atoms with van der Waals surface area (Å²) in [6, 6.07) is 10.9. The molecule has 0 N–H and O–H groups in total. The van der Waals surface area contributed by atoms with Crippen molar-refractivity contribution in [2.24, 2.45) is 0 Å². The third kappa shape index (κ3) is 4.25. The molecule has 14 heteroatoms. The van der Waals surface area contributed by atoms with Crippen LogP contribution in [0.4, 0.5) is 13.2 Å². The molecule has 0 spiro atoms. The molecule has 182 valence electrons. The first-order valence-corrected chi connectivity index (χ1v) is 12.1. The zero-order valence-corrected chi connectivity index (χ0v) is 19.3. The Morgan fingerprint density at radius 3 is 2.40 bits per heavy atom. The maximum atomic E-state index is 13.4. The molecular weight excluding hydrogens is 509 g/mol. The van der Waals surface area contributed by atoms with Crippen LogP contribution in [0.3, 0.4) is 0 Å². The molecule has 5 rings (SSSR count). The molecule has 1 aliphatic carbocycles. The van der Waals surface area contributed by atoms with Crippen molar-refractivity contribution in [3.8, 4) is 11.4 Å². The standard InChI is InChI=1S/C21H16ClF3N6O3S/c22-15-7-5-13(6-8-15)18-28-31(20(32)30(18)16-9-10-16)35(33,34)19-26-12-27-29(19)11-14-3-1-2-4-17(14)21(23,24)25/h1-8,12,16H,9-11H2. The highest BCUT2D eigenvalue weighted by molar-refractivity contribution is 7.89. The van der Waals surface area contributed by atoms with Crippen LogP contribution >= 0.6 is 11.6 Å². The van der Waals surface area contributed by atoms with Crippen LogP contribution in [0.1, 0.15) is 30.0 Å². The van der Waals surface area contributed by atoms with Crippen LogP contribution in [0.15, 0.2) is 64.8 Å². The molecule has 9 nitrogen and oxygen atoms in total. The number of aromatic nitrogens is 6. The van der Waals surface area contributed by atoms with Crippen molar-refractivity contribution in [3.05, 3.63) is 81.5 Å². The van der Waals surface area contributed by atoms with Gasteiger partial charge in [0.1, 0.15) is 6.33 Å². The van der Waals surface area contributed by atoms with E-state index in [1.165, 1.54) is 22.8 Å². The third-order valence-corrected chi connectivity index (χ3v) is 7.20. The lowest BCUT2D eigenvalue weighted by Gasteiger charge is -2.13. The maximum absolute atomic E-state index is 13.4. The van der Waals surface area contributed by atoms with Crippen molar-refractivity contribution < 1.29 is 21.6 Å². The van der Waals surface area contributed by atoms with Crippen LogP contribution in [0, 0.1) is 0 Å². The van der Waals surface area contributed by atoms with Gasteiger partial charge in [-0.15, -0.1) is 5.10 Å². The first kappa shape index (κ1) is 23.3. The minimum Gasteiger partial charge on any atom is -0.271 e. The molecule has 2 aromatic carbocycles. The molecule has 0 radical (unpaired) electrons. The Morgan fingerprint density at radius 2 is 1.74 bits per heavy atom. The van der Waals surface area contributed by atoms with Crippen molar-refractivity contribution in [2.45, 2.75) is 36.8 Å². The van der Waals surface area contributed by atoms with Crippen LogP contribution in [-0.4, -0.2) is 36.9 Å². The molecule has 2 heterocycles. The van der Waals surface area contributed by atoms with E-state index in [0.29, 0.717) is 27.5 Å². The number of hydrogen-bond acceptors (Lipinski definition) is 6. The number of benzene rings is 2. The zero-order valence-electron chi connectivity index (χ0n) is 17.7. The summed E-state index contributed by atoms with van der Waals surface area (Å²) in [7, 11) is -4.69. The molecule has 4 aromatic rings. The monoisotopic (exact) mass is 524 g/mol. The van der Waals surface area contributed by atoms with Gasteiger partial charge in [0.05, 0.1) is 12.1 Å². The van der Waals surface area contributed by atoms with E-state index in [-0.39, 0.29) is 17.4 Å². The summed E-state index contributed by atoms with van der Waals surface area (Å²) in [4.78, 5) is 16.9. The highest BCUT2D eigenvalue weighted by Gasteiger charge is 2.37. The first-order chi connectivity index (χ1) is 16.6. The fourth-order valence-corrected chi connectivity index (χ4v) is 5.03. The second-order valence-electron chi connectivity index (χ2n) is 7.92. The summed E-state index contributed by atoms with van der Waals surface area (Å²) in [5.41, 5.74) is -1.56. The van der Waals surface area contributed by atoms with E-state index in [1.807, 2.05) is 0 Å². The fraction of sp³-hybridized carbons (Fsp3) is 0.238. The highest BCUT2D eigenvalue weighted by atomic mass is 35.5. The largest absolute Gasteiger partial charge is 0.416 e. The minimum absolute atomic E-state index is 0.131. The van der Waals surface area contributed by atoms with Gasteiger partial charge in [0, 0.05) is 16.6 Å². The summed E-state index contributed by atoms with van der Waals surface area (Å²) in [6.45, 7) is -0.535. The Balaban J connectivity index is 1.59. The van der Waals surface area contributed by atoms with Crippen LogP contribution in [0.2, 0.25) is 5.02 Å². The molecule has 0 aliphatic heterocycles. The predicted molar refractivity (Wildman–Crippen MR) is 118 cm³/mol. The highest BCUT2D eigenvalue weighted by Crippen LogP contribution is 2.37. The van der Waals surface area contributed by atoms with E-state index < -0.39 is 39.2 Å². The van der Waals surface area contributed by atoms with Gasteiger partial charge in [0.2, 0.25) is 0 Å². The SMILES string of the molecule is O=c1n(S(=O)(=O)c2ncnn2Cc2ccccc2C(F)(F)F)nc(-c2ccc(Cl)cc2)n1C1CC1. The van der Waals surface area contributed by atoms with Gasteiger partial charge < -0.3 is 0 Å². The molecule has 1 fully saturated rings. The van der Waals surface area contributed by atoms with Crippen LogP contribution in [0.5, 0.6) is 0 Å². The lowest BCUT2D eigenvalue weighted by molar-refractivity contribution is -0.138. The molecule has 0 amide bonds. The van der Waals surface area contributed by atoms with Crippen molar-refractivity contribution in [3.63, 3.8) is 0 Å². The molecule has 0 saturated heterocycles. The van der Waals surface area contributed by atoms with Crippen molar-refractivity contribution in [1.82, 2.24) is 28.5 Å². The molecular formula is C21H16ClF3N6O3S. The number of alkyl halides is 3. The second kappa shape index (κ2) is 8.34. The van der Waals surface area contributed by atoms with Crippen LogP contribution in [0.25, 0.3) is 11.4 Å². The Bertz CT molecular complexity index is 1570. The van der Waals surface area contributed by atoms with Crippen molar-refractivity contribution in [1.29, 1.82) is 0 Å². The van der Waals surface area contributed by atoms with Gasteiger partial charge in [0.25, 0.3) is 5.16 Å². The topological polar surface area (TPSA) is 105 Å². The molecule has 1 aliphatic rings. The molecule has 0 atom stereocenters. The average Bonchev–Trinajstić information content (AvgIpc) is 3.41. The first-order valence-electron chi connectivity index (χ1n) is 10.3. The van der Waals surface area contributed by atoms with Gasteiger partial charge in [-0.3, -0.25) is 4.57 Å². The van der Waals surface area contributed by atoms with E-state index in [1.54, 1.807) is 24.3 Å². The summed E-state index contributed by atoms with van der Waals surface area (Å²) in [5.74, 6) is 0.131. The predicted octanol–water partition coefficient (Wildman–Crippen LogP) is 3.60. The van der Waals surface area contributed by atoms with Crippen LogP contribution in [-0.2, 0) is 22.7 Å². The van der Waals surface area contributed by atoms with Crippen molar-refractivity contribution >= 4 is 21.6 Å². The summed E-state index contributed by atoms with van der Waals surface area (Å²) >= 11 is 5.94. The van der Waals surface area contributed by atoms with Gasteiger partial charge >= 0.3 is 21.9 Å². The third-order valence-electron chi connectivity index (χ3n) is 5.48. The number of rotatable bonds is 6. The molecule has 0 bridgehead atoms. The summed E-state index contributed by atoms with van der Waals surface area (Å²) < 4.78 is 69.5. The Labute approximate surface area is 201 Å². The maximum Gasteiger partial charge on any atom is 0.416 e. The second-order valence-corrected chi connectivity index (χ2v) is 10.0. The van der Waals surface area contributed by atoms with Gasteiger partial charge in [-0.2, -0.15) is 26.7 Å². The number of hydrogen-bond donors (Lipinski definition) is 0. The van der Waals surface area contributed by atoms with E-state index in [0.717, 1.165) is 17.1 Å². The summed E-state index contributed by atoms with van der Waals surface area (Å²) in [6.07, 6.45) is -2.40. The van der Waals surface area contributed by atoms with E-state index in [2.05, 4.69) is 15.2 Å². The minimum atomic E-state index is -4.69. The Morgan fingerprint density at radius 1 is 1.06 bits per heavy atom. The number of nitrogens with zero attached hydrogens (tertiary/aromatic N) is 6. The normalized spacial score (nSPS) is 14.4. The average molecular weight is 525 g/mol. The Hall–Kier alpha value is -3.45. The molecule has 1 saturated carbocycles. The van der Waals surface area contributed by atoms with E-state index in [9.17, 15) is 26.4 Å². The van der Waals surface area contributed by atoms with Crippen LogP contribution < -0.4 is 5.69 Å². The van der Waals surface area contributed by atoms with Gasteiger partial charge in [-0.05, 0) is 48.7 Å². The van der Waals surface area contributed by atoms with Gasteiger partial charge in [0.15, 0.2) is 5.82 Å². The Kier molecular flexibility index (Phi) is 5.55. The van der Waals surface area contributed by atoms with E-state index in [4.69, 9.17) is 11.6 Å². The zero-order chi connectivity index (χ0) is 25.0. The molecule has 0 unspecified atom stereocenters. The van der Waals surface area contributed by atoms with Gasteiger partial charge in [-0.1, -0.05) is 33.9 Å². The van der Waals surface area contributed by atoms with Gasteiger partial charge in [-0.25, -0.2) is 14.5 Å². The quantitative estimate of drug-likeness (QED) is 0.382. The number of halogens is 4. The van der Waals surface area contributed by atoms with Crippen molar-refractivity contribution in [2.75, 3.05) is 0 Å². The lowest BCUT2D eigenvalue weighted by atomic mass is 10.1. The fourth-order valence-electron chi connectivity index (χ4n) is 3.71. The molecule has 2 aromatic heterocycles. The van der Waals surface area contributed by atoms with E-state index >= 15 is 0 Å². The smallest absolute Gasteiger partial charge is 0.271 e. The molecule has 35 heavy (non-hydrogen) atoms.